The highest BCUT2D eigenvalue weighted by Crippen LogP contribution is 2.22. The van der Waals surface area contributed by atoms with Crippen molar-refractivity contribution in [2.24, 2.45) is 0 Å². The molecule has 0 spiro atoms. The van der Waals surface area contributed by atoms with E-state index in [4.69, 9.17) is 14.6 Å². The molecule has 1 aromatic rings. The Balaban J connectivity index is 2.65. The molecule has 1 aromatic carbocycles. The predicted molar refractivity (Wildman–Crippen MR) is 71.5 cm³/mol. The molecule has 1 rings (SSSR count). The van der Waals surface area contributed by atoms with Crippen LogP contribution in [-0.4, -0.2) is 17.7 Å². The molecule has 0 saturated carbocycles. The van der Waals surface area contributed by atoms with Gasteiger partial charge in [0, 0.05) is 0 Å². The summed E-state index contributed by atoms with van der Waals surface area (Å²) in [7, 11) is 0. The van der Waals surface area contributed by atoms with Gasteiger partial charge in [-0.3, -0.25) is 0 Å². The third kappa shape index (κ3) is 4.74. The van der Waals surface area contributed by atoms with Crippen molar-refractivity contribution in [1.82, 2.24) is 0 Å². The van der Waals surface area contributed by atoms with Gasteiger partial charge in [0.05, 0.1) is 29.1 Å². The minimum atomic E-state index is -0.444. The molecule has 0 fully saturated rings. The van der Waals surface area contributed by atoms with Crippen molar-refractivity contribution in [2.45, 2.75) is 13.5 Å². The van der Waals surface area contributed by atoms with E-state index >= 15 is 0 Å². The molecule has 0 saturated heterocycles. The lowest BCUT2D eigenvalue weighted by molar-refractivity contribution is -0.137. The number of benzene rings is 1. The lowest BCUT2D eigenvalue weighted by atomic mass is 10.2. The Labute approximate surface area is 113 Å². The first-order valence-corrected chi connectivity index (χ1v) is 6.14. The molecule has 0 unspecified atom stereocenters. The van der Waals surface area contributed by atoms with E-state index in [9.17, 15) is 4.79 Å². The van der Waals surface area contributed by atoms with Gasteiger partial charge in [0.25, 0.3) is 0 Å². The quantitative estimate of drug-likeness (QED) is 0.384. The van der Waals surface area contributed by atoms with E-state index in [1.807, 2.05) is 12.1 Å². The second kappa shape index (κ2) is 7.29. The van der Waals surface area contributed by atoms with Crippen LogP contribution in [0.15, 0.2) is 30.5 Å². The topological polar surface area (TPSA) is 55.8 Å². The molecule has 0 aliphatic carbocycles. The summed E-state index contributed by atoms with van der Waals surface area (Å²) >= 11 is 2.11. The van der Waals surface area contributed by atoms with Crippen LogP contribution in [0.5, 0.6) is 5.75 Å². The zero-order chi connectivity index (χ0) is 12.7. The summed E-state index contributed by atoms with van der Waals surface area (Å²) in [5.74, 6) is 0.151. The van der Waals surface area contributed by atoms with E-state index in [0.717, 1.165) is 9.13 Å². The van der Waals surface area contributed by atoms with E-state index in [0.29, 0.717) is 12.4 Å². The zero-order valence-corrected chi connectivity index (χ0v) is 11.5. The molecule has 0 aliphatic rings. The Kier molecular flexibility index (Phi) is 5.99. The van der Waals surface area contributed by atoms with E-state index in [-0.39, 0.29) is 6.61 Å². The number of carbonyl (C=O) groups is 1. The number of aliphatic hydroxyl groups is 1. The normalized spacial score (nSPS) is 10.5. The first kappa shape index (κ1) is 14.0. The van der Waals surface area contributed by atoms with Crippen molar-refractivity contribution in [3.05, 3.63) is 39.7 Å². The Morgan fingerprint density at radius 2 is 2.29 bits per heavy atom. The molecule has 17 heavy (non-hydrogen) atoms. The number of hydrogen-bond donors (Lipinski definition) is 1. The zero-order valence-electron chi connectivity index (χ0n) is 9.35. The summed E-state index contributed by atoms with van der Waals surface area (Å²) in [5, 5.41) is 8.99. The fourth-order valence-corrected chi connectivity index (χ4v) is 1.55. The van der Waals surface area contributed by atoms with E-state index in [1.54, 1.807) is 13.0 Å². The van der Waals surface area contributed by atoms with Crippen LogP contribution in [0.25, 0.3) is 0 Å². The monoisotopic (exact) mass is 348 g/mol. The van der Waals surface area contributed by atoms with Crippen LogP contribution in [0.2, 0.25) is 0 Å². The van der Waals surface area contributed by atoms with Gasteiger partial charge in [-0.15, -0.1) is 0 Å². The Morgan fingerprint density at radius 3 is 2.94 bits per heavy atom. The van der Waals surface area contributed by atoms with E-state index in [1.165, 1.54) is 12.3 Å². The van der Waals surface area contributed by atoms with Crippen LogP contribution in [0, 0.1) is 3.57 Å². The fraction of sp³-hybridized carbons (Fsp3) is 0.250. The number of esters is 1. The fourth-order valence-electron chi connectivity index (χ4n) is 1.09. The van der Waals surface area contributed by atoms with E-state index in [2.05, 4.69) is 22.6 Å². The van der Waals surface area contributed by atoms with Crippen LogP contribution in [0.1, 0.15) is 12.5 Å². The van der Waals surface area contributed by atoms with Crippen molar-refractivity contribution in [3.63, 3.8) is 0 Å². The van der Waals surface area contributed by atoms with Gasteiger partial charge < -0.3 is 14.6 Å². The molecule has 0 aromatic heterocycles. The molecule has 92 valence electrons. The summed E-state index contributed by atoms with van der Waals surface area (Å²) in [6.45, 7) is 2.02. The molecule has 0 radical (unpaired) electrons. The predicted octanol–water partition coefficient (Wildman–Crippen LogP) is 2.24. The first-order valence-electron chi connectivity index (χ1n) is 5.06. The maximum atomic E-state index is 11.0. The van der Waals surface area contributed by atoms with Crippen LogP contribution in [0.4, 0.5) is 0 Å². The number of hydrogen-bond acceptors (Lipinski definition) is 4. The highest BCUT2D eigenvalue weighted by atomic mass is 127. The SMILES string of the molecule is CCOC(=O)C=COc1cc(CO)ccc1I. The van der Waals surface area contributed by atoms with Crippen LogP contribution < -0.4 is 4.74 Å². The summed E-state index contributed by atoms with van der Waals surface area (Å²) in [6, 6.07) is 5.36. The molecule has 1 N–H and O–H groups in total. The first-order chi connectivity index (χ1) is 8.17. The molecule has 0 bridgehead atoms. The molecular weight excluding hydrogens is 335 g/mol. The second-order valence-electron chi connectivity index (χ2n) is 3.10. The number of carbonyl (C=O) groups excluding carboxylic acids is 1. The summed E-state index contributed by atoms with van der Waals surface area (Å²) < 4.78 is 10.9. The van der Waals surface area contributed by atoms with Crippen molar-refractivity contribution >= 4 is 28.6 Å². The summed E-state index contributed by atoms with van der Waals surface area (Å²) in [4.78, 5) is 11.0. The van der Waals surface area contributed by atoms with Gasteiger partial charge in [0.15, 0.2) is 0 Å². The van der Waals surface area contributed by atoms with Gasteiger partial charge in [-0.2, -0.15) is 0 Å². The van der Waals surface area contributed by atoms with Gasteiger partial charge >= 0.3 is 5.97 Å². The van der Waals surface area contributed by atoms with Crippen LogP contribution in [-0.2, 0) is 16.1 Å². The second-order valence-corrected chi connectivity index (χ2v) is 4.26. The van der Waals surface area contributed by atoms with Crippen LogP contribution >= 0.6 is 22.6 Å². The molecule has 0 atom stereocenters. The number of halogens is 1. The minimum Gasteiger partial charge on any atom is -0.464 e. The van der Waals surface area contributed by atoms with Gasteiger partial charge in [-0.25, -0.2) is 4.79 Å². The molecular formula is C12H13IO4. The van der Waals surface area contributed by atoms with Gasteiger partial charge in [0.2, 0.25) is 0 Å². The molecule has 0 amide bonds. The maximum Gasteiger partial charge on any atom is 0.333 e. The number of aliphatic hydroxyl groups excluding tert-OH is 1. The third-order valence-electron chi connectivity index (χ3n) is 1.86. The van der Waals surface area contributed by atoms with Crippen LogP contribution in [0.3, 0.4) is 0 Å². The summed E-state index contributed by atoms with van der Waals surface area (Å²) in [5.41, 5.74) is 0.755. The average Bonchev–Trinajstić information content (AvgIpc) is 2.32. The Bertz CT molecular complexity index is 415. The minimum absolute atomic E-state index is 0.0468. The van der Waals surface area contributed by atoms with Crippen molar-refractivity contribution < 1.29 is 19.4 Å². The molecule has 5 heteroatoms. The highest BCUT2D eigenvalue weighted by Gasteiger charge is 2.01. The van der Waals surface area contributed by atoms with Gasteiger partial charge in [-0.1, -0.05) is 6.07 Å². The lowest BCUT2D eigenvalue weighted by Gasteiger charge is -2.05. The maximum absolute atomic E-state index is 11.0. The Morgan fingerprint density at radius 1 is 1.53 bits per heavy atom. The number of ether oxygens (including phenoxy) is 2. The van der Waals surface area contributed by atoms with Crippen molar-refractivity contribution in [1.29, 1.82) is 0 Å². The van der Waals surface area contributed by atoms with Gasteiger partial charge in [0.1, 0.15) is 5.75 Å². The largest absolute Gasteiger partial charge is 0.464 e. The van der Waals surface area contributed by atoms with Crippen molar-refractivity contribution in [2.75, 3.05) is 6.61 Å². The molecule has 0 heterocycles. The van der Waals surface area contributed by atoms with E-state index < -0.39 is 5.97 Å². The van der Waals surface area contributed by atoms with Crippen molar-refractivity contribution in [3.8, 4) is 5.75 Å². The highest BCUT2D eigenvalue weighted by molar-refractivity contribution is 14.1. The Hall–Kier alpha value is -1.08. The smallest absolute Gasteiger partial charge is 0.333 e. The lowest BCUT2D eigenvalue weighted by Crippen LogP contribution is -2.00. The van der Waals surface area contributed by atoms with Gasteiger partial charge in [-0.05, 0) is 47.2 Å². The summed E-state index contributed by atoms with van der Waals surface area (Å²) in [6.07, 6.45) is 2.49. The third-order valence-corrected chi connectivity index (χ3v) is 2.76. The number of rotatable bonds is 5. The standard InChI is InChI=1S/C12H13IO4/c1-2-16-12(15)5-6-17-11-7-9(8-14)3-4-10(11)13/h3-7,14H,2,8H2,1H3. The molecule has 4 nitrogen and oxygen atoms in total. The average molecular weight is 348 g/mol. The molecule has 0 aliphatic heterocycles.